The third kappa shape index (κ3) is 2.53. The molecule has 1 aromatic carbocycles. The van der Waals surface area contributed by atoms with Crippen LogP contribution in [0.3, 0.4) is 0 Å². The fourth-order valence-electron chi connectivity index (χ4n) is 1.83. The van der Waals surface area contributed by atoms with E-state index in [9.17, 15) is 8.78 Å². The monoisotopic (exact) mass is 262 g/mol. The van der Waals surface area contributed by atoms with Crippen LogP contribution in [0.1, 0.15) is 0 Å². The Kier molecular flexibility index (Phi) is 3.08. The van der Waals surface area contributed by atoms with Crippen LogP contribution in [0.2, 0.25) is 0 Å². The molecule has 2 aromatic rings. The summed E-state index contributed by atoms with van der Waals surface area (Å²) in [6.07, 6.45) is 2.97. The SMILES string of the molecule is Fc1ccc(F)c(-c2cnc(NC3CNC3)nc2)c1. The summed E-state index contributed by atoms with van der Waals surface area (Å²) in [5.74, 6) is -0.486. The third-order valence-electron chi connectivity index (χ3n) is 3.01. The first-order chi connectivity index (χ1) is 9.22. The lowest BCUT2D eigenvalue weighted by molar-refractivity contribution is 0.469. The van der Waals surface area contributed by atoms with Crippen molar-refractivity contribution in [2.45, 2.75) is 6.04 Å². The molecule has 0 spiro atoms. The van der Waals surface area contributed by atoms with Crippen molar-refractivity contribution in [1.82, 2.24) is 15.3 Å². The smallest absolute Gasteiger partial charge is 0.222 e. The molecule has 0 atom stereocenters. The van der Waals surface area contributed by atoms with E-state index in [-0.39, 0.29) is 5.56 Å². The Morgan fingerprint density at radius 3 is 2.53 bits per heavy atom. The van der Waals surface area contributed by atoms with Gasteiger partial charge >= 0.3 is 0 Å². The summed E-state index contributed by atoms with van der Waals surface area (Å²) in [4.78, 5) is 8.22. The van der Waals surface area contributed by atoms with Crippen molar-refractivity contribution >= 4 is 5.95 Å². The van der Waals surface area contributed by atoms with E-state index in [0.29, 0.717) is 17.6 Å². The van der Waals surface area contributed by atoms with E-state index >= 15 is 0 Å². The number of anilines is 1. The quantitative estimate of drug-likeness (QED) is 0.885. The Hall–Kier alpha value is -2.08. The van der Waals surface area contributed by atoms with Gasteiger partial charge in [0, 0.05) is 36.6 Å². The number of benzene rings is 1. The van der Waals surface area contributed by atoms with E-state index in [1.807, 2.05) is 0 Å². The van der Waals surface area contributed by atoms with Crippen molar-refractivity contribution in [3.8, 4) is 11.1 Å². The molecule has 1 aliphatic rings. The summed E-state index contributed by atoms with van der Waals surface area (Å²) in [6, 6.07) is 3.64. The molecule has 0 amide bonds. The third-order valence-corrected chi connectivity index (χ3v) is 3.01. The van der Waals surface area contributed by atoms with Gasteiger partial charge in [0.25, 0.3) is 0 Å². The van der Waals surface area contributed by atoms with E-state index in [2.05, 4.69) is 20.6 Å². The molecule has 1 fully saturated rings. The molecular formula is C13H12F2N4. The molecule has 0 unspecified atom stereocenters. The van der Waals surface area contributed by atoms with Crippen LogP contribution >= 0.6 is 0 Å². The van der Waals surface area contributed by atoms with E-state index in [4.69, 9.17) is 0 Å². The molecule has 1 aromatic heterocycles. The molecule has 3 rings (SSSR count). The van der Waals surface area contributed by atoms with Crippen LogP contribution in [0.15, 0.2) is 30.6 Å². The topological polar surface area (TPSA) is 49.8 Å². The minimum atomic E-state index is -0.492. The van der Waals surface area contributed by atoms with E-state index in [0.717, 1.165) is 31.3 Å². The molecule has 4 nitrogen and oxygen atoms in total. The number of rotatable bonds is 3. The first-order valence-corrected chi connectivity index (χ1v) is 5.97. The largest absolute Gasteiger partial charge is 0.349 e. The summed E-state index contributed by atoms with van der Waals surface area (Å²) < 4.78 is 26.7. The van der Waals surface area contributed by atoms with Crippen LogP contribution in [-0.4, -0.2) is 29.1 Å². The zero-order valence-corrected chi connectivity index (χ0v) is 10.0. The van der Waals surface area contributed by atoms with Crippen molar-refractivity contribution < 1.29 is 8.78 Å². The lowest BCUT2D eigenvalue weighted by Gasteiger charge is -2.27. The fourth-order valence-corrected chi connectivity index (χ4v) is 1.83. The maximum Gasteiger partial charge on any atom is 0.222 e. The van der Waals surface area contributed by atoms with Gasteiger partial charge in [-0.05, 0) is 18.2 Å². The summed E-state index contributed by atoms with van der Waals surface area (Å²) in [6.45, 7) is 1.76. The number of halogens is 2. The van der Waals surface area contributed by atoms with Gasteiger partial charge in [-0.2, -0.15) is 0 Å². The molecule has 19 heavy (non-hydrogen) atoms. The van der Waals surface area contributed by atoms with Gasteiger partial charge in [-0.3, -0.25) is 0 Å². The highest BCUT2D eigenvalue weighted by Gasteiger charge is 2.17. The second kappa shape index (κ2) is 4.89. The highest BCUT2D eigenvalue weighted by atomic mass is 19.1. The molecule has 98 valence electrons. The molecule has 1 saturated heterocycles. The maximum atomic E-state index is 13.6. The molecular weight excluding hydrogens is 250 g/mol. The molecule has 2 N–H and O–H groups in total. The fraction of sp³-hybridized carbons (Fsp3) is 0.231. The lowest BCUT2D eigenvalue weighted by atomic mass is 10.1. The zero-order valence-electron chi connectivity index (χ0n) is 10.0. The van der Waals surface area contributed by atoms with Crippen molar-refractivity contribution in [3.05, 3.63) is 42.2 Å². The second-order valence-corrected chi connectivity index (χ2v) is 4.42. The van der Waals surface area contributed by atoms with Gasteiger partial charge in [-0.15, -0.1) is 0 Å². The number of nitrogens with zero attached hydrogens (tertiary/aromatic N) is 2. The van der Waals surface area contributed by atoms with E-state index < -0.39 is 11.6 Å². The Labute approximate surface area is 108 Å². The first-order valence-electron chi connectivity index (χ1n) is 5.97. The van der Waals surface area contributed by atoms with Gasteiger partial charge in [0.2, 0.25) is 5.95 Å². The molecule has 2 heterocycles. The van der Waals surface area contributed by atoms with Crippen LogP contribution in [0, 0.1) is 11.6 Å². The number of nitrogens with one attached hydrogen (secondary N) is 2. The molecule has 0 saturated carbocycles. The van der Waals surface area contributed by atoms with Crippen LogP contribution in [0.25, 0.3) is 11.1 Å². The van der Waals surface area contributed by atoms with Crippen LogP contribution in [-0.2, 0) is 0 Å². The summed E-state index contributed by atoms with van der Waals surface area (Å²) >= 11 is 0. The van der Waals surface area contributed by atoms with Crippen molar-refractivity contribution in [2.24, 2.45) is 0 Å². The molecule has 1 aliphatic heterocycles. The normalized spacial score (nSPS) is 15.1. The number of hydrogen-bond donors (Lipinski definition) is 2. The van der Waals surface area contributed by atoms with Crippen molar-refractivity contribution in [2.75, 3.05) is 18.4 Å². The Balaban J connectivity index is 1.83. The predicted molar refractivity (Wildman–Crippen MR) is 67.7 cm³/mol. The highest BCUT2D eigenvalue weighted by Crippen LogP contribution is 2.22. The van der Waals surface area contributed by atoms with Gasteiger partial charge < -0.3 is 10.6 Å². The number of hydrogen-bond acceptors (Lipinski definition) is 4. The minimum Gasteiger partial charge on any atom is -0.349 e. The van der Waals surface area contributed by atoms with Gasteiger partial charge in [0.15, 0.2) is 0 Å². The first kappa shape index (κ1) is 12.0. The van der Waals surface area contributed by atoms with E-state index in [1.54, 1.807) is 0 Å². The van der Waals surface area contributed by atoms with Gasteiger partial charge in [-0.25, -0.2) is 18.7 Å². The highest BCUT2D eigenvalue weighted by molar-refractivity contribution is 5.62. The average Bonchev–Trinajstić information content (AvgIpc) is 2.38. The van der Waals surface area contributed by atoms with Gasteiger partial charge in [0.1, 0.15) is 11.6 Å². The molecule has 0 bridgehead atoms. The maximum absolute atomic E-state index is 13.6. The minimum absolute atomic E-state index is 0.164. The van der Waals surface area contributed by atoms with Gasteiger partial charge in [-0.1, -0.05) is 0 Å². The standard InChI is InChI=1S/C13H12F2N4/c14-9-1-2-12(15)11(3-9)8-4-17-13(18-5-8)19-10-6-16-7-10/h1-5,10,16H,6-7H2,(H,17,18,19). The van der Waals surface area contributed by atoms with Gasteiger partial charge in [0.05, 0.1) is 6.04 Å². The second-order valence-electron chi connectivity index (χ2n) is 4.42. The lowest BCUT2D eigenvalue weighted by Crippen LogP contribution is -2.51. The van der Waals surface area contributed by atoms with Crippen LogP contribution in [0.4, 0.5) is 14.7 Å². The van der Waals surface area contributed by atoms with E-state index in [1.165, 1.54) is 12.4 Å². The van der Waals surface area contributed by atoms with Crippen LogP contribution in [0.5, 0.6) is 0 Å². The van der Waals surface area contributed by atoms with Crippen molar-refractivity contribution in [3.63, 3.8) is 0 Å². The predicted octanol–water partition coefficient (Wildman–Crippen LogP) is 1.81. The molecule has 0 radical (unpaired) electrons. The number of aromatic nitrogens is 2. The summed E-state index contributed by atoms with van der Waals surface area (Å²) in [5.41, 5.74) is 0.617. The van der Waals surface area contributed by atoms with Crippen LogP contribution < -0.4 is 10.6 Å². The Morgan fingerprint density at radius 2 is 1.89 bits per heavy atom. The van der Waals surface area contributed by atoms with Crippen molar-refractivity contribution in [1.29, 1.82) is 0 Å². The average molecular weight is 262 g/mol. The molecule has 0 aliphatic carbocycles. The Morgan fingerprint density at radius 1 is 1.16 bits per heavy atom. The summed E-state index contributed by atoms with van der Waals surface area (Å²) in [7, 11) is 0. The Bertz CT molecular complexity index is 582. The zero-order chi connectivity index (χ0) is 13.2. The molecule has 6 heteroatoms. The summed E-state index contributed by atoms with van der Waals surface area (Å²) in [5, 5.41) is 6.25.